The summed E-state index contributed by atoms with van der Waals surface area (Å²) in [4.78, 5) is 0. The van der Waals surface area contributed by atoms with Gasteiger partial charge in [-0.3, -0.25) is 0 Å². The number of nitrogens with two attached hydrogens (primary N) is 1. The Kier molecular flexibility index (Phi) is 3.00. The Bertz CT molecular complexity index is 291. The number of hydrogen-bond donors (Lipinski definition) is 1. The fourth-order valence-corrected chi connectivity index (χ4v) is 0.787. The fourth-order valence-electron chi connectivity index (χ4n) is 0.787. The largest absolute Gasteiger partial charge is 0.485 e. The van der Waals surface area contributed by atoms with Crippen LogP contribution in [0.5, 0.6) is 5.75 Å². The van der Waals surface area contributed by atoms with Gasteiger partial charge in [-0.2, -0.15) is 0 Å². The van der Waals surface area contributed by atoms with Crippen LogP contribution in [-0.2, 0) is 0 Å². The molecule has 1 rings (SSSR count). The SMILES string of the molecule is Nc1ccc(OCC(F)F)c(F)c1. The first-order valence-corrected chi connectivity index (χ1v) is 3.55. The monoisotopic (exact) mass is 191 g/mol. The van der Waals surface area contributed by atoms with Gasteiger partial charge in [-0.25, -0.2) is 13.2 Å². The number of halogens is 3. The third-order valence-corrected chi connectivity index (χ3v) is 1.32. The van der Waals surface area contributed by atoms with E-state index in [1.54, 1.807) is 0 Å². The van der Waals surface area contributed by atoms with Crippen LogP contribution in [0.25, 0.3) is 0 Å². The minimum absolute atomic E-state index is 0.213. The smallest absolute Gasteiger partial charge is 0.272 e. The summed E-state index contributed by atoms with van der Waals surface area (Å²) in [5, 5.41) is 0. The van der Waals surface area contributed by atoms with Crippen LogP contribution >= 0.6 is 0 Å². The molecular weight excluding hydrogens is 183 g/mol. The van der Waals surface area contributed by atoms with Crippen molar-refractivity contribution in [2.24, 2.45) is 0 Å². The van der Waals surface area contributed by atoms with Crippen molar-refractivity contribution in [2.75, 3.05) is 12.3 Å². The van der Waals surface area contributed by atoms with Crippen LogP contribution in [0.2, 0.25) is 0 Å². The summed E-state index contributed by atoms with van der Waals surface area (Å²) < 4.78 is 40.6. The number of rotatable bonds is 3. The highest BCUT2D eigenvalue weighted by Crippen LogP contribution is 2.19. The van der Waals surface area contributed by atoms with Crippen molar-refractivity contribution in [3.8, 4) is 5.75 Å². The van der Waals surface area contributed by atoms with Crippen molar-refractivity contribution in [1.82, 2.24) is 0 Å². The molecule has 72 valence electrons. The molecule has 1 aromatic rings. The van der Waals surface area contributed by atoms with Crippen LogP contribution in [0.3, 0.4) is 0 Å². The number of ether oxygens (including phenoxy) is 1. The molecule has 13 heavy (non-hydrogen) atoms. The summed E-state index contributed by atoms with van der Waals surface area (Å²) in [5.41, 5.74) is 5.46. The summed E-state index contributed by atoms with van der Waals surface area (Å²) >= 11 is 0. The number of alkyl halides is 2. The summed E-state index contributed by atoms with van der Waals surface area (Å²) in [7, 11) is 0. The quantitative estimate of drug-likeness (QED) is 0.742. The van der Waals surface area contributed by atoms with Gasteiger partial charge in [0.15, 0.2) is 11.6 Å². The zero-order chi connectivity index (χ0) is 9.84. The van der Waals surface area contributed by atoms with Gasteiger partial charge in [-0.05, 0) is 12.1 Å². The lowest BCUT2D eigenvalue weighted by Crippen LogP contribution is -2.08. The van der Waals surface area contributed by atoms with Gasteiger partial charge in [0.1, 0.15) is 6.61 Å². The zero-order valence-corrected chi connectivity index (χ0v) is 6.64. The summed E-state index contributed by atoms with van der Waals surface area (Å²) in [5.74, 6) is -0.949. The molecule has 0 saturated carbocycles. The Hall–Kier alpha value is -1.39. The van der Waals surface area contributed by atoms with E-state index in [1.807, 2.05) is 0 Å². The molecule has 0 saturated heterocycles. The second-order valence-corrected chi connectivity index (χ2v) is 2.39. The van der Waals surface area contributed by atoms with Gasteiger partial charge >= 0.3 is 0 Å². The van der Waals surface area contributed by atoms with Crippen LogP contribution in [0.1, 0.15) is 0 Å². The molecule has 0 aliphatic rings. The normalized spacial score (nSPS) is 10.5. The van der Waals surface area contributed by atoms with Crippen LogP contribution < -0.4 is 10.5 Å². The molecule has 0 amide bonds. The molecule has 2 nitrogen and oxygen atoms in total. The molecule has 0 radical (unpaired) electrons. The molecule has 1 aromatic carbocycles. The predicted molar refractivity (Wildman–Crippen MR) is 42.3 cm³/mol. The Morgan fingerprint density at radius 2 is 2.08 bits per heavy atom. The highest BCUT2D eigenvalue weighted by Gasteiger charge is 2.07. The molecule has 5 heteroatoms. The van der Waals surface area contributed by atoms with E-state index in [0.29, 0.717) is 0 Å². The van der Waals surface area contributed by atoms with E-state index >= 15 is 0 Å². The Morgan fingerprint density at radius 1 is 1.38 bits per heavy atom. The second-order valence-electron chi connectivity index (χ2n) is 2.39. The van der Waals surface area contributed by atoms with Crippen molar-refractivity contribution >= 4 is 5.69 Å². The van der Waals surface area contributed by atoms with Gasteiger partial charge in [-0.1, -0.05) is 0 Å². The number of hydrogen-bond acceptors (Lipinski definition) is 2. The van der Waals surface area contributed by atoms with Gasteiger partial charge in [0.25, 0.3) is 6.43 Å². The Labute approximate surface area is 73.1 Å². The Morgan fingerprint density at radius 3 is 2.62 bits per heavy atom. The maximum atomic E-state index is 12.9. The van der Waals surface area contributed by atoms with Gasteiger partial charge < -0.3 is 10.5 Å². The van der Waals surface area contributed by atoms with E-state index < -0.39 is 18.8 Å². The van der Waals surface area contributed by atoms with E-state index in [4.69, 9.17) is 5.73 Å². The summed E-state index contributed by atoms with van der Waals surface area (Å²) in [6, 6.07) is 3.61. The van der Waals surface area contributed by atoms with Crippen LogP contribution in [0.4, 0.5) is 18.9 Å². The molecule has 0 aliphatic heterocycles. The molecule has 0 aromatic heterocycles. The number of anilines is 1. The molecule has 0 heterocycles. The van der Waals surface area contributed by atoms with E-state index in [9.17, 15) is 13.2 Å². The van der Waals surface area contributed by atoms with E-state index in [0.717, 1.165) is 6.07 Å². The molecule has 0 bridgehead atoms. The van der Waals surface area contributed by atoms with Gasteiger partial charge in [0, 0.05) is 11.8 Å². The second kappa shape index (κ2) is 4.02. The van der Waals surface area contributed by atoms with E-state index in [2.05, 4.69) is 4.74 Å². The topological polar surface area (TPSA) is 35.2 Å². The van der Waals surface area contributed by atoms with Crippen LogP contribution in [0.15, 0.2) is 18.2 Å². The summed E-state index contributed by atoms with van der Waals surface area (Å²) in [6.07, 6.45) is -2.61. The van der Waals surface area contributed by atoms with Crippen molar-refractivity contribution in [3.63, 3.8) is 0 Å². The maximum absolute atomic E-state index is 12.9. The molecular formula is C8H8F3NO. The lowest BCUT2D eigenvalue weighted by molar-refractivity contribution is 0.0799. The fraction of sp³-hybridized carbons (Fsp3) is 0.250. The average molecular weight is 191 g/mol. The lowest BCUT2D eigenvalue weighted by atomic mass is 10.3. The van der Waals surface area contributed by atoms with Crippen molar-refractivity contribution < 1.29 is 17.9 Å². The maximum Gasteiger partial charge on any atom is 0.272 e. The lowest BCUT2D eigenvalue weighted by Gasteiger charge is -2.06. The summed E-state index contributed by atoms with van der Waals surface area (Å²) in [6.45, 7) is -0.819. The average Bonchev–Trinajstić information content (AvgIpc) is 2.02. The zero-order valence-electron chi connectivity index (χ0n) is 6.64. The molecule has 0 atom stereocenters. The van der Waals surface area contributed by atoms with Gasteiger partial charge in [-0.15, -0.1) is 0 Å². The van der Waals surface area contributed by atoms with Gasteiger partial charge in [0.05, 0.1) is 0 Å². The Balaban J connectivity index is 2.67. The number of benzene rings is 1. The number of nitrogen functional groups attached to an aromatic ring is 1. The molecule has 2 N–H and O–H groups in total. The van der Waals surface area contributed by atoms with Crippen LogP contribution in [0, 0.1) is 5.82 Å². The minimum Gasteiger partial charge on any atom is -0.485 e. The first-order valence-electron chi connectivity index (χ1n) is 3.55. The molecule has 0 fully saturated rings. The highest BCUT2D eigenvalue weighted by atomic mass is 19.3. The predicted octanol–water partition coefficient (Wildman–Crippen LogP) is 2.05. The highest BCUT2D eigenvalue weighted by molar-refractivity contribution is 5.42. The molecule has 0 unspecified atom stereocenters. The standard InChI is InChI=1S/C8H8F3NO/c9-6-3-5(12)1-2-7(6)13-4-8(10)11/h1-3,8H,4,12H2. The third-order valence-electron chi connectivity index (χ3n) is 1.32. The molecule has 0 spiro atoms. The van der Waals surface area contributed by atoms with Gasteiger partial charge in [0.2, 0.25) is 0 Å². The van der Waals surface area contributed by atoms with Crippen molar-refractivity contribution in [3.05, 3.63) is 24.0 Å². The van der Waals surface area contributed by atoms with E-state index in [1.165, 1.54) is 12.1 Å². The first kappa shape index (κ1) is 9.70. The third kappa shape index (κ3) is 2.85. The van der Waals surface area contributed by atoms with Crippen molar-refractivity contribution in [2.45, 2.75) is 6.43 Å². The van der Waals surface area contributed by atoms with Crippen molar-refractivity contribution in [1.29, 1.82) is 0 Å². The molecule has 0 aliphatic carbocycles. The van der Waals surface area contributed by atoms with E-state index in [-0.39, 0.29) is 11.4 Å². The first-order chi connectivity index (χ1) is 6.09. The van der Waals surface area contributed by atoms with Crippen LogP contribution in [-0.4, -0.2) is 13.0 Å². The minimum atomic E-state index is -2.61.